The number of aliphatic hydroxyl groups is 1. The standard InChI is InChI=1S/C63H77F5N10O8S/c1-36-32-77(33-37(2)76(36)7)50-21-19-41(27-49(50)74-57(83)45-31-71-52(80)29-46(45)63(66,67)68)44-20-18-42(26-47(44)64)56(82)70-25-13-11-9-8-10-12-24-69-53(81)30-48(39-14-16-40(17-15-39)54-38(3)72-35-87-54)73-58(84)51-28-43(79)34-78(51)59(85)55(61(4,5)6)75-60(86)62(65)22-23-62/h14-21,26-27,29,31,35-37,43,48,51,55,79H,8-13,22-25,28,30,32-34H2,1-7H3,(H,69,81)(H,70,82)(H,71,80)(H,73,84)(H,74,83)(H,75,86)/t36-,37+,43-,48?,51+,55?/m1/s1. The van der Waals surface area contributed by atoms with Gasteiger partial charge in [0.2, 0.25) is 23.3 Å². The van der Waals surface area contributed by atoms with E-state index in [1.807, 2.05) is 57.0 Å². The fraction of sp³-hybridized carbons (Fsp3) is 0.492. The first kappa shape index (κ1) is 65.4. The van der Waals surface area contributed by atoms with Crippen molar-refractivity contribution in [2.45, 2.75) is 154 Å². The van der Waals surface area contributed by atoms with Gasteiger partial charge in [-0.3, -0.25) is 38.5 Å². The van der Waals surface area contributed by atoms with Gasteiger partial charge in [0.05, 0.1) is 57.1 Å². The van der Waals surface area contributed by atoms with Gasteiger partial charge in [0.15, 0.2) is 5.67 Å². The molecule has 0 spiro atoms. The summed E-state index contributed by atoms with van der Waals surface area (Å²) in [7, 11) is 1.99. The molecule has 8 rings (SSSR count). The summed E-state index contributed by atoms with van der Waals surface area (Å²) in [5, 5.41) is 24.7. The molecule has 87 heavy (non-hydrogen) atoms. The number of H-pyrrole nitrogens is 1. The van der Waals surface area contributed by atoms with Crippen LogP contribution >= 0.6 is 11.3 Å². The number of nitrogens with zero attached hydrogens (tertiary/aromatic N) is 4. The number of nitrogens with one attached hydrogen (secondary N) is 6. The van der Waals surface area contributed by atoms with Crippen molar-refractivity contribution in [2.75, 3.05) is 50.0 Å². The fourth-order valence-electron chi connectivity index (χ4n) is 11.1. The Morgan fingerprint density at radius 2 is 1.47 bits per heavy atom. The first-order valence-electron chi connectivity index (χ1n) is 29.5. The van der Waals surface area contributed by atoms with Gasteiger partial charge in [-0.15, -0.1) is 11.3 Å². The molecule has 7 N–H and O–H groups in total. The Bertz CT molecular complexity index is 3370. The lowest BCUT2D eigenvalue weighted by Crippen LogP contribution is -2.59. The van der Waals surface area contributed by atoms with Crippen molar-refractivity contribution in [1.29, 1.82) is 0 Å². The largest absolute Gasteiger partial charge is 0.417 e. The Labute approximate surface area is 506 Å². The third kappa shape index (κ3) is 16.3. The normalized spacial score (nSPS) is 19.2. The number of aromatic amines is 1. The summed E-state index contributed by atoms with van der Waals surface area (Å²) in [5.41, 5.74) is -0.913. The van der Waals surface area contributed by atoms with E-state index < -0.39 is 93.5 Å². The monoisotopic (exact) mass is 1230 g/mol. The predicted octanol–water partition coefficient (Wildman–Crippen LogP) is 8.84. The van der Waals surface area contributed by atoms with Crippen LogP contribution in [0.25, 0.3) is 21.6 Å². The number of carbonyl (C=O) groups is 6. The Hall–Kier alpha value is -7.57. The molecule has 24 heteroatoms. The molecule has 6 amide bonds. The van der Waals surface area contributed by atoms with Crippen molar-refractivity contribution >= 4 is 58.2 Å². The number of hydrogen-bond acceptors (Lipinski definition) is 12. The van der Waals surface area contributed by atoms with Gasteiger partial charge in [-0.25, -0.2) is 13.8 Å². The van der Waals surface area contributed by atoms with E-state index in [-0.39, 0.29) is 67.0 Å². The molecule has 18 nitrogen and oxygen atoms in total. The molecule has 2 saturated heterocycles. The van der Waals surface area contributed by atoms with Crippen LogP contribution in [0.15, 0.2) is 83.2 Å². The first-order chi connectivity index (χ1) is 41.1. The van der Waals surface area contributed by atoms with Gasteiger partial charge in [0.1, 0.15) is 17.9 Å². The zero-order chi connectivity index (χ0) is 63.1. The molecule has 1 saturated carbocycles. The molecule has 3 fully saturated rings. The number of aromatic nitrogens is 2. The maximum atomic E-state index is 16.0. The van der Waals surface area contributed by atoms with Gasteiger partial charge in [-0.1, -0.05) is 82.9 Å². The van der Waals surface area contributed by atoms with Gasteiger partial charge in [-0.2, -0.15) is 13.2 Å². The molecule has 6 atom stereocenters. The summed E-state index contributed by atoms with van der Waals surface area (Å²) in [6.07, 6.45) is -0.844. The molecule has 5 aromatic rings. The van der Waals surface area contributed by atoms with E-state index in [1.165, 1.54) is 34.4 Å². The van der Waals surface area contributed by atoms with Crippen molar-refractivity contribution < 1.29 is 55.8 Å². The number of thiazole rings is 1. The number of anilines is 2. The number of alkyl halides is 4. The zero-order valence-electron chi connectivity index (χ0n) is 50.0. The highest BCUT2D eigenvalue weighted by Gasteiger charge is 2.53. The number of halogens is 5. The Morgan fingerprint density at radius 1 is 0.828 bits per heavy atom. The lowest BCUT2D eigenvalue weighted by Gasteiger charge is -2.44. The summed E-state index contributed by atoms with van der Waals surface area (Å²) in [5.74, 6) is -4.78. The number of hydrogen-bond donors (Lipinski definition) is 7. The molecule has 0 radical (unpaired) electrons. The average Bonchev–Trinajstić information content (AvgIpc) is 2.00. The van der Waals surface area contributed by atoms with Crippen molar-refractivity contribution in [1.82, 2.24) is 41.0 Å². The predicted molar refractivity (Wildman–Crippen MR) is 322 cm³/mol. The number of piperazine rings is 1. The molecule has 468 valence electrons. The highest BCUT2D eigenvalue weighted by Crippen LogP contribution is 2.41. The zero-order valence-corrected chi connectivity index (χ0v) is 50.8. The summed E-state index contributed by atoms with van der Waals surface area (Å²) >= 11 is 1.49. The Morgan fingerprint density at radius 3 is 2.08 bits per heavy atom. The molecule has 2 aliphatic heterocycles. The minimum atomic E-state index is -5.00. The van der Waals surface area contributed by atoms with Crippen molar-refractivity contribution in [3.05, 3.63) is 123 Å². The molecule has 0 bridgehead atoms. The van der Waals surface area contributed by atoms with Crippen LogP contribution in [0.2, 0.25) is 0 Å². The van der Waals surface area contributed by atoms with Crippen LogP contribution in [0.3, 0.4) is 0 Å². The van der Waals surface area contributed by atoms with Crippen molar-refractivity contribution in [2.24, 2.45) is 5.41 Å². The molecule has 2 aromatic heterocycles. The number of rotatable bonds is 23. The van der Waals surface area contributed by atoms with Crippen LogP contribution in [0.4, 0.5) is 33.3 Å². The van der Waals surface area contributed by atoms with Crippen LogP contribution in [0.1, 0.15) is 142 Å². The van der Waals surface area contributed by atoms with Crippen molar-refractivity contribution in [3.63, 3.8) is 0 Å². The summed E-state index contributed by atoms with van der Waals surface area (Å²) in [6, 6.07) is 13.5. The molecular weight excluding hydrogens is 1150 g/mol. The van der Waals surface area contributed by atoms with Crippen LogP contribution in [0, 0.1) is 18.2 Å². The van der Waals surface area contributed by atoms with Gasteiger partial charge in [-0.05, 0) is 99.9 Å². The van der Waals surface area contributed by atoms with E-state index >= 15 is 4.39 Å². The second kappa shape index (κ2) is 27.6. The van der Waals surface area contributed by atoms with Crippen LogP contribution in [-0.2, 0) is 25.4 Å². The average molecular weight is 1230 g/mol. The molecular formula is C63H77F5N10O8S. The van der Waals surface area contributed by atoms with Crippen LogP contribution in [-0.4, -0.2) is 136 Å². The number of aliphatic hydroxyl groups excluding tert-OH is 1. The number of likely N-dealkylation sites (N-methyl/N-ethyl adjacent to an activating group) is 1. The summed E-state index contributed by atoms with van der Waals surface area (Å²) < 4.78 is 72.7. The highest BCUT2D eigenvalue weighted by atomic mass is 32.1. The maximum Gasteiger partial charge on any atom is 0.417 e. The topological polar surface area (TPSA) is 238 Å². The second-order valence-electron chi connectivity index (χ2n) is 24.3. The minimum absolute atomic E-state index is 0.0565. The van der Waals surface area contributed by atoms with Gasteiger partial charge >= 0.3 is 6.18 Å². The van der Waals surface area contributed by atoms with E-state index in [2.05, 4.69) is 41.5 Å². The summed E-state index contributed by atoms with van der Waals surface area (Å²) in [4.78, 5) is 106. The first-order valence-corrected chi connectivity index (χ1v) is 30.4. The minimum Gasteiger partial charge on any atom is -0.391 e. The number of amides is 6. The number of pyridine rings is 1. The van der Waals surface area contributed by atoms with E-state index in [1.54, 1.807) is 38.4 Å². The number of aryl methyl sites for hydroxylation is 1. The van der Waals surface area contributed by atoms with Gasteiger partial charge in [0.25, 0.3) is 17.7 Å². The number of unbranched alkanes of at least 4 members (excludes halogenated alkanes) is 5. The molecule has 2 unspecified atom stereocenters. The third-order valence-electron chi connectivity index (χ3n) is 16.5. The lowest BCUT2D eigenvalue weighted by atomic mass is 9.85. The van der Waals surface area contributed by atoms with Crippen molar-refractivity contribution in [3.8, 4) is 21.6 Å². The third-order valence-corrected chi connectivity index (χ3v) is 17.5. The maximum absolute atomic E-state index is 16.0. The highest BCUT2D eigenvalue weighted by molar-refractivity contribution is 7.13. The summed E-state index contributed by atoms with van der Waals surface area (Å²) in [6.45, 7) is 12.7. The van der Waals surface area contributed by atoms with E-state index in [9.17, 15) is 56.2 Å². The van der Waals surface area contributed by atoms with Gasteiger partial charge < -0.3 is 46.5 Å². The van der Waals surface area contributed by atoms with E-state index in [4.69, 9.17) is 0 Å². The quantitative estimate of drug-likeness (QED) is 0.0241. The lowest BCUT2D eigenvalue weighted by molar-refractivity contribution is -0.145. The molecule has 3 aliphatic rings. The number of benzene rings is 3. The molecule has 4 heterocycles. The van der Waals surface area contributed by atoms with E-state index in [0.717, 1.165) is 47.9 Å². The number of likely N-dealkylation sites (tertiary alicyclic amines) is 1. The smallest absolute Gasteiger partial charge is 0.391 e. The Kier molecular flexibility index (Phi) is 20.8. The molecule has 3 aromatic carbocycles. The van der Waals surface area contributed by atoms with Gasteiger partial charge in [0, 0.05) is 74.6 Å². The fourth-order valence-corrected chi connectivity index (χ4v) is 11.9. The molecule has 1 aliphatic carbocycles. The Balaban J connectivity index is 0.812. The van der Waals surface area contributed by atoms with E-state index in [0.29, 0.717) is 68.1 Å². The van der Waals surface area contributed by atoms with Crippen LogP contribution < -0.4 is 37.0 Å². The number of carbonyl (C=O) groups excluding carboxylic acids is 6. The second-order valence-corrected chi connectivity index (χ2v) is 25.1. The SMILES string of the molecule is Cc1ncsc1-c1ccc(C(CC(=O)NCCCCCCCCNC(=O)c2ccc(-c3ccc(N4C[C@@H](C)N(C)[C@@H](C)C4)c(NC(=O)c4c[nH]c(=O)cc4C(F)(F)F)c3)c(F)c2)NC(=O)[C@@H]2C[C@@H](O)CN2C(=O)C(NC(=O)C2(F)CC2)C(C)(C)C)cc1. The number of β-amino-alcohol motifs (C(OH)–C–C–N with tert-alkyl or cyclic N) is 1. The van der Waals surface area contributed by atoms with Crippen LogP contribution in [0.5, 0.6) is 0 Å².